The molecule has 2 rings (SSSR count). The first kappa shape index (κ1) is 22.1. The number of carbonyl (C=O) groups excluding carboxylic acids is 3. The van der Waals surface area contributed by atoms with E-state index in [9.17, 15) is 24.5 Å². The molecule has 1 heterocycles. The molecule has 29 heavy (non-hydrogen) atoms. The minimum atomic E-state index is -1.08. The Morgan fingerprint density at radius 2 is 2.10 bits per heavy atom. The van der Waals surface area contributed by atoms with E-state index in [-0.39, 0.29) is 37.6 Å². The first-order chi connectivity index (χ1) is 13.8. The zero-order valence-corrected chi connectivity index (χ0v) is 16.5. The van der Waals surface area contributed by atoms with E-state index in [2.05, 4.69) is 5.32 Å². The summed E-state index contributed by atoms with van der Waals surface area (Å²) in [5, 5.41) is 13.8. The average Bonchev–Trinajstić information content (AvgIpc) is 2.69. The maximum Gasteiger partial charge on any atom is 0.310 e. The SMILES string of the molecule is CCCCOC(=O)C[C@@H]1C(=O)NCCN1C(=O)[C@H](C)Oc1ccccc1[N+](=O)[O-]. The minimum Gasteiger partial charge on any atom is -0.474 e. The Morgan fingerprint density at radius 3 is 2.79 bits per heavy atom. The van der Waals surface area contributed by atoms with E-state index in [1.807, 2.05) is 6.92 Å². The van der Waals surface area contributed by atoms with Gasteiger partial charge in [0.2, 0.25) is 5.91 Å². The largest absolute Gasteiger partial charge is 0.474 e. The van der Waals surface area contributed by atoms with Crippen molar-refractivity contribution in [2.75, 3.05) is 19.7 Å². The van der Waals surface area contributed by atoms with E-state index in [4.69, 9.17) is 9.47 Å². The van der Waals surface area contributed by atoms with Gasteiger partial charge in [0.1, 0.15) is 6.04 Å². The fourth-order valence-corrected chi connectivity index (χ4v) is 2.91. The van der Waals surface area contributed by atoms with Crippen molar-refractivity contribution >= 4 is 23.5 Å². The lowest BCUT2D eigenvalue weighted by Crippen LogP contribution is -2.60. The number of nitro benzene ring substituents is 1. The molecule has 2 atom stereocenters. The number of amides is 2. The van der Waals surface area contributed by atoms with Crippen LogP contribution in [0.25, 0.3) is 0 Å². The number of unbranched alkanes of at least 4 members (excludes halogenated alkanes) is 1. The number of benzene rings is 1. The van der Waals surface area contributed by atoms with Crippen molar-refractivity contribution in [1.29, 1.82) is 0 Å². The second-order valence-corrected chi connectivity index (χ2v) is 6.60. The highest BCUT2D eigenvalue weighted by Crippen LogP contribution is 2.27. The predicted octanol–water partition coefficient (Wildman–Crippen LogP) is 1.42. The normalized spacial score (nSPS) is 17.2. The van der Waals surface area contributed by atoms with Gasteiger partial charge in [-0.1, -0.05) is 25.5 Å². The lowest BCUT2D eigenvalue weighted by atomic mass is 10.1. The van der Waals surface area contributed by atoms with Gasteiger partial charge in [-0.2, -0.15) is 0 Å². The van der Waals surface area contributed by atoms with Crippen molar-refractivity contribution in [3.8, 4) is 5.75 Å². The highest BCUT2D eigenvalue weighted by molar-refractivity contribution is 5.93. The van der Waals surface area contributed by atoms with Gasteiger partial charge in [-0.25, -0.2) is 0 Å². The van der Waals surface area contributed by atoms with Crippen LogP contribution in [0.15, 0.2) is 24.3 Å². The van der Waals surface area contributed by atoms with E-state index in [1.165, 1.54) is 30.0 Å². The molecule has 1 saturated heterocycles. The molecule has 0 aromatic heterocycles. The second-order valence-electron chi connectivity index (χ2n) is 6.60. The number of nitrogens with one attached hydrogen (secondary N) is 1. The number of nitrogens with zero attached hydrogens (tertiary/aromatic N) is 2. The third kappa shape index (κ3) is 5.90. The van der Waals surface area contributed by atoms with Crippen LogP contribution in [-0.2, 0) is 19.1 Å². The monoisotopic (exact) mass is 407 g/mol. The van der Waals surface area contributed by atoms with Gasteiger partial charge in [0.25, 0.3) is 5.91 Å². The summed E-state index contributed by atoms with van der Waals surface area (Å²) in [5.41, 5.74) is -0.264. The quantitative estimate of drug-likeness (QED) is 0.284. The Kier molecular flexibility index (Phi) is 7.93. The van der Waals surface area contributed by atoms with Gasteiger partial charge in [0, 0.05) is 19.2 Å². The summed E-state index contributed by atoms with van der Waals surface area (Å²) >= 11 is 0. The number of nitro groups is 1. The van der Waals surface area contributed by atoms with Crippen LogP contribution in [0.3, 0.4) is 0 Å². The minimum absolute atomic E-state index is 0.0460. The highest BCUT2D eigenvalue weighted by Gasteiger charge is 2.37. The summed E-state index contributed by atoms with van der Waals surface area (Å²) in [6.07, 6.45) is 0.230. The highest BCUT2D eigenvalue weighted by atomic mass is 16.6. The first-order valence-electron chi connectivity index (χ1n) is 9.49. The summed E-state index contributed by atoms with van der Waals surface area (Å²) in [7, 11) is 0. The molecule has 10 nitrogen and oxygen atoms in total. The molecule has 1 N–H and O–H groups in total. The van der Waals surface area contributed by atoms with Gasteiger partial charge in [-0.05, 0) is 19.4 Å². The molecule has 1 fully saturated rings. The maximum atomic E-state index is 12.9. The Labute approximate surface area is 168 Å². The van der Waals surface area contributed by atoms with E-state index in [0.29, 0.717) is 6.42 Å². The van der Waals surface area contributed by atoms with Gasteiger partial charge in [0.05, 0.1) is 18.0 Å². The predicted molar refractivity (Wildman–Crippen MR) is 102 cm³/mol. The van der Waals surface area contributed by atoms with Crippen molar-refractivity contribution in [1.82, 2.24) is 10.2 Å². The molecule has 2 amide bonds. The van der Waals surface area contributed by atoms with Crippen LogP contribution in [0.5, 0.6) is 5.75 Å². The molecule has 0 saturated carbocycles. The fraction of sp³-hybridized carbons (Fsp3) is 0.526. The molecule has 0 aliphatic carbocycles. The topological polar surface area (TPSA) is 128 Å². The molecule has 0 unspecified atom stereocenters. The summed E-state index contributed by atoms with van der Waals surface area (Å²) < 4.78 is 10.6. The van der Waals surface area contributed by atoms with Crippen LogP contribution in [0.1, 0.15) is 33.1 Å². The van der Waals surface area contributed by atoms with E-state index < -0.39 is 34.9 Å². The molecule has 0 radical (unpaired) electrons. The zero-order chi connectivity index (χ0) is 21.4. The van der Waals surface area contributed by atoms with E-state index in [0.717, 1.165) is 6.42 Å². The van der Waals surface area contributed by atoms with Crippen LogP contribution in [0.4, 0.5) is 5.69 Å². The van der Waals surface area contributed by atoms with Crippen molar-refractivity contribution in [3.05, 3.63) is 34.4 Å². The Morgan fingerprint density at radius 1 is 1.38 bits per heavy atom. The van der Waals surface area contributed by atoms with Crippen LogP contribution in [0.2, 0.25) is 0 Å². The molecular formula is C19H25N3O7. The number of carbonyl (C=O) groups is 3. The number of piperazine rings is 1. The first-order valence-corrected chi connectivity index (χ1v) is 9.49. The smallest absolute Gasteiger partial charge is 0.310 e. The third-order valence-corrected chi connectivity index (χ3v) is 4.45. The molecule has 158 valence electrons. The Hall–Kier alpha value is -3.17. The summed E-state index contributed by atoms with van der Waals surface area (Å²) in [4.78, 5) is 49.0. The third-order valence-electron chi connectivity index (χ3n) is 4.45. The molecule has 0 spiro atoms. The number of rotatable bonds is 9. The number of hydrogen-bond acceptors (Lipinski definition) is 7. The number of hydrogen-bond donors (Lipinski definition) is 1. The molecule has 1 aromatic carbocycles. The molecule has 0 bridgehead atoms. The summed E-state index contributed by atoms with van der Waals surface area (Å²) in [6.45, 7) is 4.10. The van der Waals surface area contributed by atoms with E-state index in [1.54, 1.807) is 6.07 Å². The van der Waals surface area contributed by atoms with Gasteiger partial charge in [-0.15, -0.1) is 0 Å². The van der Waals surface area contributed by atoms with Crippen molar-refractivity contribution in [2.45, 2.75) is 45.3 Å². The number of esters is 1. The van der Waals surface area contributed by atoms with Gasteiger partial charge in [0.15, 0.2) is 11.9 Å². The fourth-order valence-electron chi connectivity index (χ4n) is 2.91. The molecular weight excluding hydrogens is 382 g/mol. The Bertz CT molecular complexity index is 768. The molecule has 1 aliphatic heterocycles. The van der Waals surface area contributed by atoms with Gasteiger partial charge in [-0.3, -0.25) is 24.5 Å². The zero-order valence-electron chi connectivity index (χ0n) is 16.5. The van der Waals surface area contributed by atoms with Crippen LogP contribution in [-0.4, -0.2) is 59.4 Å². The molecule has 10 heteroatoms. The van der Waals surface area contributed by atoms with Crippen molar-refractivity contribution in [2.24, 2.45) is 0 Å². The van der Waals surface area contributed by atoms with Crippen LogP contribution < -0.4 is 10.1 Å². The average molecular weight is 407 g/mol. The Balaban J connectivity index is 2.08. The van der Waals surface area contributed by atoms with Gasteiger partial charge >= 0.3 is 11.7 Å². The van der Waals surface area contributed by atoms with E-state index >= 15 is 0 Å². The number of ether oxygens (including phenoxy) is 2. The maximum absolute atomic E-state index is 12.9. The number of para-hydroxylation sites is 2. The van der Waals surface area contributed by atoms with Crippen LogP contribution in [0, 0.1) is 10.1 Å². The standard InChI is InChI=1S/C19H25N3O7/c1-3-4-11-28-17(23)12-15-18(24)20-9-10-21(15)19(25)13(2)29-16-8-6-5-7-14(16)22(26)27/h5-8,13,15H,3-4,9-12H2,1-2H3,(H,20,24)/t13-,15+/m0/s1. The second kappa shape index (κ2) is 10.4. The van der Waals surface area contributed by atoms with Crippen molar-refractivity contribution in [3.63, 3.8) is 0 Å². The summed E-state index contributed by atoms with van der Waals surface area (Å²) in [5.74, 6) is -1.60. The van der Waals surface area contributed by atoms with Gasteiger partial charge < -0.3 is 19.7 Å². The van der Waals surface area contributed by atoms with Crippen LogP contribution >= 0.6 is 0 Å². The lowest BCUT2D eigenvalue weighted by molar-refractivity contribution is -0.386. The van der Waals surface area contributed by atoms with Crippen molar-refractivity contribution < 1.29 is 28.8 Å². The summed E-state index contributed by atoms with van der Waals surface area (Å²) in [6, 6.07) is 4.71. The molecule has 1 aliphatic rings. The molecule has 1 aromatic rings. The lowest BCUT2D eigenvalue weighted by Gasteiger charge is -2.35.